The van der Waals surface area contributed by atoms with Gasteiger partial charge in [0.1, 0.15) is 17.8 Å². The number of carbonyl (C=O) groups excluding carboxylic acids is 4. The number of ketones is 1. The minimum absolute atomic E-state index is 0.0468. The van der Waals surface area contributed by atoms with Gasteiger partial charge in [0.2, 0.25) is 11.8 Å². The van der Waals surface area contributed by atoms with E-state index >= 15 is 0 Å². The molecule has 0 spiro atoms. The highest BCUT2D eigenvalue weighted by atomic mass is 16.7. The normalized spacial score (nSPS) is 19.6. The Labute approximate surface area is 264 Å². The number of hydrogen-bond acceptors (Lipinski definition) is 8. The Morgan fingerprint density at radius 3 is 2.42 bits per heavy atom. The van der Waals surface area contributed by atoms with Crippen LogP contribution in [-0.2, 0) is 30.5 Å². The zero-order chi connectivity index (χ0) is 32.8. The second-order valence-electron chi connectivity index (χ2n) is 11.7. The van der Waals surface area contributed by atoms with Crippen molar-refractivity contribution < 1.29 is 28.9 Å². The molecule has 2 fully saturated rings. The number of nitrogens with two attached hydrogens (primary N) is 2. The molecule has 248 valence electrons. The Bertz CT molecular complexity index is 1200. The van der Waals surface area contributed by atoms with Crippen molar-refractivity contribution in [2.45, 2.75) is 102 Å². The number of nitrogens with one attached hydrogen (secondary N) is 1. The number of benzene rings is 1. The maximum absolute atomic E-state index is 13.8. The van der Waals surface area contributed by atoms with Gasteiger partial charge in [0.05, 0.1) is 18.0 Å². The maximum atomic E-state index is 13.8. The number of ether oxygens (including phenoxy) is 1. The minimum Gasteiger partial charge on any atom is -0.461 e. The summed E-state index contributed by atoms with van der Waals surface area (Å²) in [6, 6.07) is 7.17. The van der Waals surface area contributed by atoms with Crippen LogP contribution in [0.5, 0.6) is 0 Å². The Balaban J connectivity index is 1.65. The van der Waals surface area contributed by atoms with Gasteiger partial charge in [0.25, 0.3) is 5.96 Å². The summed E-state index contributed by atoms with van der Waals surface area (Å²) in [6.45, 7) is 3.19. The van der Waals surface area contributed by atoms with Crippen molar-refractivity contribution in [3.63, 3.8) is 0 Å². The molecule has 1 aromatic rings. The van der Waals surface area contributed by atoms with Crippen LogP contribution in [0.4, 0.5) is 0 Å². The lowest BCUT2D eigenvalue weighted by molar-refractivity contribution is -0.485. The van der Waals surface area contributed by atoms with Crippen LogP contribution in [0.3, 0.4) is 0 Å². The lowest BCUT2D eigenvalue weighted by Gasteiger charge is -2.32. The van der Waals surface area contributed by atoms with Crippen LogP contribution in [0.1, 0.15) is 83.1 Å². The molecule has 1 aromatic carbocycles. The van der Waals surface area contributed by atoms with Gasteiger partial charge in [-0.1, -0.05) is 56.5 Å². The first-order valence-corrected chi connectivity index (χ1v) is 15.9. The number of esters is 1. The monoisotopic (exact) mass is 629 g/mol. The quantitative estimate of drug-likeness (QED) is 0.0571. The highest BCUT2D eigenvalue weighted by Gasteiger charge is 2.43. The molecular weight excluding hydrogens is 582 g/mol. The molecule has 14 nitrogen and oxygen atoms in total. The fraction of sp³-hybridized carbons (Fsp3) is 0.645. The van der Waals surface area contributed by atoms with Gasteiger partial charge in [0, 0.05) is 26.1 Å². The molecule has 4 unspecified atom stereocenters. The molecule has 0 bridgehead atoms. The van der Waals surface area contributed by atoms with E-state index in [4.69, 9.17) is 16.2 Å². The first-order chi connectivity index (χ1) is 21.6. The van der Waals surface area contributed by atoms with E-state index in [1.807, 2.05) is 30.3 Å². The van der Waals surface area contributed by atoms with E-state index in [-0.39, 0.29) is 49.6 Å². The van der Waals surface area contributed by atoms with Crippen LogP contribution in [-0.4, -0.2) is 82.1 Å². The van der Waals surface area contributed by atoms with Gasteiger partial charge in [-0.15, -0.1) is 0 Å². The third-order valence-corrected chi connectivity index (χ3v) is 8.39. The van der Waals surface area contributed by atoms with Gasteiger partial charge in [-0.2, -0.15) is 0 Å². The summed E-state index contributed by atoms with van der Waals surface area (Å²) in [7, 11) is 0. The van der Waals surface area contributed by atoms with Gasteiger partial charge in [-0.25, -0.2) is 10.1 Å². The molecule has 2 amide bonds. The van der Waals surface area contributed by atoms with Crippen molar-refractivity contribution in [1.82, 2.24) is 15.1 Å². The van der Waals surface area contributed by atoms with Crippen molar-refractivity contribution in [2.75, 3.05) is 19.6 Å². The Hall–Kier alpha value is -4.07. The summed E-state index contributed by atoms with van der Waals surface area (Å²) in [4.78, 5) is 67.4. The molecule has 3 rings (SSSR count). The zero-order valence-electron chi connectivity index (χ0n) is 26.1. The number of carbonyl (C=O) groups is 4. The number of hydrogen-bond donors (Lipinski definition) is 3. The summed E-state index contributed by atoms with van der Waals surface area (Å²) in [5.74, 6) is -2.40. The van der Waals surface area contributed by atoms with Crippen LogP contribution < -0.4 is 16.8 Å². The number of hydrazone groups is 1. The van der Waals surface area contributed by atoms with E-state index < -0.39 is 35.0 Å². The number of guanidine groups is 1. The van der Waals surface area contributed by atoms with Crippen LogP contribution in [0.25, 0.3) is 0 Å². The van der Waals surface area contributed by atoms with E-state index in [1.54, 1.807) is 9.80 Å². The lowest BCUT2D eigenvalue weighted by Crippen LogP contribution is -2.54. The topological polar surface area (TPSA) is 204 Å². The smallest absolute Gasteiger partial charge is 0.309 e. The summed E-state index contributed by atoms with van der Waals surface area (Å²) in [5, 5.41) is 15.2. The Morgan fingerprint density at radius 1 is 1.04 bits per heavy atom. The molecular formula is C31H47N7O7. The second-order valence-corrected chi connectivity index (χ2v) is 11.7. The zero-order valence-corrected chi connectivity index (χ0v) is 26.1. The van der Waals surface area contributed by atoms with Crippen LogP contribution in [0.15, 0.2) is 35.4 Å². The molecule has 0 aliphatic carbocycles. The summed E-state index contributed by atoms with van der Waals surface area (Å²) >= 11 is 0. The molecule has 0 aromatic heterocycles. The van der Waals surface area contributed by atoms with Crippen molar-refractivity contribution in [3.8, 4) is 0 Å². The van der Waals surface area contributed by atoms with Crippen molar-refractivity contribution in [1.29, 1.82) is 0 Å². The number of rotatable bonds is 17. The first kappa shape index (κ1) is 35.4. The van der Waals surface area contributed by atoms with E-state index in [1.165, 1.54) is 0 Å². The summed E-state index contributed by atoms with van der Waals surface area (Å²) < 4.78 is 5.55. The molecule has 45 heavy (non-hydrogen) atoms. The average molecular weight is 630 g/mol. The number of nitro groups is 1. The number of unbranched alkanes of at least 4 members (excludes halogenated alkanes) is 2. The fourth-order valence-electron chi connectivity index (χ4n) is 6.01. The molecule has 0 radical (unpaired) electrons. The molecule has 14 heteroatoms. The number of likely N-dealkylation sites (tertiary alicyclic amines) is 2. The predicted octanol–water partition coefficient (Wildman–Crippen LogP) is 2.07. The average Bonchev–Trinajstić information content (AvgIpc) is 3.71. The van der Waals surface area contributed by atoms with Crippen molar-refractivity contribution in [2.24, 2.45) is 22.5 Å². The number of nitrogens with zero attached hydrogens (tertiary/aromatic N) is 4. The van der Waals surface area contributed by atoms with Gasteiger partial charge in [0.15, 0.2) is 10.8 Å². The molecule has 2 saturated heterocycles. The van der Waals surface area contributed by atoms with Crippen molar-refractivity contribution >= 4 is 29.5 Å². The van der Waals surface area contributed by atoms with Gasteiger partial charge in [-0.3, -0.25) is 19.2 Å². The van der Waals surface area contributed by atoms with Crippen LogP contribution >= 0.6 is 0 Å². The van der Waals surface area contributed by atoms with E-state index in [9.17, 15) is 29.3 Å². The van der Waals surface area contributed by atoms with Gasteiger partial charge < -0.3 is 31.3 Å². The standard InChI is InChI=1S/C31H47N7O7/c1-2-3-5-14-24(32)28(40)37-19-10-16-26(37)29(41)36-18-9-15-25(36)27(39)20-23(13-8-17-34-31(33)35-38(43)44)30(42)45-21-22-11-6-4-7-12-22/h4,6-7,11-12,23-26H,2-3,5,8-10,13-21,32H2,1H3,(H3,33,34,35). The van der Waals surface area contributed by atoms with E-state index in [0.29, 0.717) is 51.6 Å². The Kier molecular flexibility index (Phi) is 14.2. The number of amides is 2. The largest absolute Gasteiger partial charge is 0.461 e. The fourth-order valence-corrected chi connectivity index (χ4v) is 6.01. The lowest BCUT2D eigenvalue weighted by atomic mass is 9.93. The molecule has 0 saturated carbocycles. The van der Waals surface area contributed by atoms with Crippen LogP contribution in [0, 0.1) is 16.0 Å². The predicted molar refractivity (Wildman–Crippen MR) is 167 cm³/mol. The maximum Gasteiger partial charge on any atom is 0.309 e. The summed E-state index contributed by atoms with van der Waals surface area (Å²) in [5.41, 5.74) is 12.5. The van der Waals surface area contributed by atoms with E-state index in [2.05, 4.69) is 17.3 Å². The van der Waals surface area contributed by atoms with E-state index in [0.717, 1.165) is 24.8 Å². The minimum atomic E-state index is -0.915. The second kappa shape index (κ2) is 18.0. The van der Waals surface area contributed by atoms with Gasteiger partial charge >= 0.3 is 5.97 Å². The SMILES string of the molecule is CCCCCC(N)C(=O)N1CCCC1C(=O)N1CCCC1C(=O)CC(CCCNC(N)=N[N+](=O)[O-])C(=O)OCc1ccccc1. The van der Waals surface area contributed by atoms with Gasteiger partial charge in [-0.05, 0) is 50.5 Å². The molecule has 2 heterocycles. The first-order valence-electron chi connectivity index (χ1n) is 15.9. The number of Topliss-reactive ketones (excluding diaryl/α,β-unsaturated/α-hetero) is 1. The van der Waals surface area contributed by atoms with Crippen molar-refractivity contribution in [3.05, 3.63) is 46.0 Å². The summed E-state index contributed by atoms with van der Waals surface area (Å²) in [6.07, 6.45) is 6.24. The highest BCUT2D eigenvalue weighted by Crippen LogP contribution is 2.28. The third kappa shape index (κ3) is 10.8. The highest BCUT2D eigenvalue weighted by molar-refractivity contribution is 5.95. The molecule has 2 aliphatic rings. The Morgan fingerprint density at radius 2 is 1.73 bits per heavy atom. The molecule has 2 aliphatic heterocycles. The molecule has 4 atom stereocenters. The molecule has 5 N–H and O–H groups in total. The van der Waals surface area contributed by atoms with Crippen LogP contribution in [0.2, 0.25) is 0 Å². The third-order valence-electron chi connectivity index (χ3n) is 8.39.